The van der Waals surface area contributed by atoms with E-state index in [2.05, 4.69) is 47.0 Å². The summed E-state index contributed by atoms with van der Waals surface area (Å²) in [4.78, 5) is 0.351. The first-order valence-electron chi connectivity index (χ1n) is 3.08. The smallest absolute Gasteiger partial charge is 0.129 e. The summed E-state index contributed by atoms with van der Waals surface area (Å²) in [6.07, 6.45) is 0. The quantitative estimate of drug-likeness (QED) is 0.324. The molecule has 0 aromatic rings. The van der Waals surface area contributed by atoms with E-state index in [4.69, 9.17) is 0 Å². The highest BCUT2D eigenvalue weighted by molar-refractivity contribution is 9.09. The summed E-state index contributed by atoms with van der Waals surface area (Å²) in [7, 11) is -1.11. The second-order valence-electron chi connectivity index (χ2n) is 3.14. The van der Waals surface area contributed by atoms with Gasteiger partial charge >= 0.3 is 0 Å². The van der Waals surface area contributed by atoms with Crippen LogP contribution in [-0.4, -0.2) is 12.9 Å². The van der Waals surface area contributed by atoms with E-state index in [-0.39, 0.29) is 0 Å². The first-order chi connectivity index (χ1) is 3.92. The molecule has 0 fully saturated rings. The molecule has 0 amide bonds. The molecule has 0 saturated carbocycles. The van der Waals surface area contributed by atoms with Crippen molar-refractivity contribution in [1.82, 2.24) is 0 Å². The van der Waals surface area contributed by atoms with Gasteiger partial charge in [0.15, 0.2) is 0 Å². The van der Waals surface area contributed by atoms with Gasteiger partial charge in [-0.15, -0.1) is 5.54 Å². The summed E-state index contributed by atoms with van der Waals surface area (Å²) in [5.74, 6) is 3.11. The lowest BCUT2D eigenvalue weighted by atomic mass is 10.5. The van der Waals surface area contributed by atoms with Crippen molar-refractivity contribution in [2.45, 2.75) is 31.4 Å². The van der Waals surface area contributed by atoms with Crippen LogP contribution in [-0.2, 0) is 0 Å². The van der Waals surface area contributed by atoms with Crippen molar-refractivity contribution in [1.29, 1.82) is 0 Å². The maximum Gasteiger partial charge on any atom is 0.129 e. The normalized spacial score (nSPS) is 13.9. The summed E-state index contributed by atoms with van der Waals surface area (Å²) in [5, 5.41) is 0. The van der Waals surface area contributed by atoms with Gasteiger partial charge in [0.05, 0.1) is 4.83 Å². The van der Waals surface area contributed by atoms with Crippen molar-refractivity contribution >= 4 is 24.0 Å². The number of alkyl halides is 1. The van der Waals surface area contributed by atoms with E-state index < -0.39 is 8.07 Å². The monoisotopic (exact) mass is 204 g/mol. The fourth-order valence-corrected chi connectivity index (χ4v) is 1.29. The molecule has 1 atom stereocenters. The molecule has 52 valence electrons. The van der Waals surface area contributed by atoms with E-state index in [9.17, 15) is 0 Å². The fraction of sp³-hybridized carbons (Fsp3) is 0.714. The summed E-state index contributed by atoms with van der Waals surface area (Å²) in [6, 6.07) is 0. The molecule has 0 radical (unpaired) electrons. The van der Waals surface area contributed by atoms with Crippen LogP contribution < -0.4 is 0 Å². The third-order valence-corrected chi connectivity index (χ3v) is 1.77. The van der Waals surface area contributed by atoms with Gasteiger partial charge in [0.25, 0.3) is 0 Å². The van der Waals surface area contributed by atoms with E-state index >= 15 is 0 Å². The molecule has 0 aliphatic rings. The Morgan fingerprint density at radius 3 is 1.89 bits per heavy atom. The van der Waals surface area contributed by atoms with Crippen molar-refractivity contribution in [2.24, 2.45) is 0 Å². The van der Waals surface area contributed by atoms with Crippen molar-refractivity contribution in [3.63, 3.8) is 0 Å². The zero-order valence-electron chi connectivity index (χ0n) is 6.46. The highest BCUT2D eigenvalue weighted by atomic mass is 79.9. The molecular formula is C7H13BrSi. The van der Waals surface area contributed by atoms with E-state index in [1.807, 2.05) is 6.92 Å². The number of rotatable bonds is 0. The van der Waals surface area contributed by atoms with Gasteiger partial charge in [0.2, 0.25) is 0 Å². The standard InChI is InChI=1S/C7H13BrSi/c1-7(8)5-6-9(2,3)4/h7H,1-4H3/t7-/m0/s1. The van der Waals surface area contributed by atoms with Crippen LogP contribution in [0.2, 0.25) is 19.6 Å². The van der Waals surface area contributed by atoms with Crippen LogP contribution in [0.15, 0.2) is 0 Å². The maximum atomic E-state index is 3.38. The SMILES string of the molecule is C[C@H](Br)C#C[Si](C)(C)C. The largest absolute Gasteiger partial charge is 0.131 e. The van der Waals surface area contributed by atoms with Crippen LogP contribution in [0.3, 0.4) is 0 Å². The van der Waals surface area contributed by atoms with Gasteiger partial charge in [-0.25, -0.2) is 0 Å². The zero-order valence-corrected chi connectivity index (χ0v) is 9.04. The lowest BCUT2D eigenvalue weighted by Gasteiger charge is -2.03. The molecule has 0 aromatic heterocycles. The average Bonchev–Trinajstić information content (AvgIpc) is 1.59. The van der Waals surface area contributed by atoms with Crippen LogP contribution in [0, 0.1) is 11.5 Å². The minimum Gasteiger partial charge on any atom is -0.131 e. The van der Waals surface area contributed by atoms with Gasteiger partial charge in [-0.2, -0.15) is 0 Å². The van der Waals surface area contributed by atoms with Crippen LogP contribution in [0.1, 0.15) is 6.92 Å². The Labute approximate surface area is 67.2 Å². The number of halogens is 1. The summed E-state index contributed by atoms with van der Waals surface area (Å²) >= 11 is 3.38. The van der Waals surface area contributed by atoms with Crippen LogP contribution in [0.25, 0.3) is 0 Å². The fourth-order valence-electron chi connectivity index (χ4n) is 0.316. The van der Waals surface area contributed by atoms with Crippen molar-refractivity contribution in [2.75, 3.05) is 0 Å². The summed E-state index contributed by atoms with van der Waals surface area (Å²) in [5.41, 5.74) is 3.26. The summed E-state index contributed by atoms with van der Waals surface area (Å²) < 4.78 is 0. The van der Waals surface area contributed by atoms with Crippen molar-refractivity contribution < 1.29 is 0 Å². The summed E-state index contributed by atoms with van der Waals surface area (Å²) in [6.45, 7) is 8.79. The third-order valence-electron chi connectivity index (χ3n) is 0.646. The Morgan fingerprint density at radius 1 is 1.33 bits per heavy atom. The van der Waals surface area contributed by atoms with Crippen molar-refractivity contribution in [3.05, 3.63) is 0 Å². The zero-order chi connectivity index (χ0) is 7.49. The molecule has 0 aromatic carbocycles. The minimum atomic E-state index is -1.11. The predicted octanol–water partition coefficient (Wildman–Crippen LogP) is 2.65. The molecule has 2 heteroatoms. The first kappa shape index (κ1) is 9.26. The van der Waals surface area contributed by atoms with E-state index in [1.165, 1.54) is 0 Å². The van der Waals surface area contributed by atoms with Crippen LogP contribution in [0.5, 0.6) is 0 Å². The molecule has 0 rings (SSSR count). The van der Waals surface area contributed by atoms with E-state index in [0.717, 1.165) is 0 Å². The van der Waals surface area contributed by atoms with Gasteiger partial charge in [-0.05, 0) is 6.92 Å². The molecular weight excluding hydrogens is 192 g/mol. The van der Waals surface area contributed by atoms with Crippen molar-refractivity contribution in [3.8, 4) is 11.5 Å². The Bertz CT molecular complexity index is 133. The van der Waals surface area contributed by atoms with Gasteiger partial charge in [0.1, 0.15) is 8.07 Å². The van der Waals surface area contributed by atoms with E-state index in [1.54, 1.807) is 0 Å². The van der Waals surface area contributed by atoms with Crippen LogP contribution in [0.4, 0.5) is 0 Å². The molecule has 0 aliphatic heterocycles. The number of hydrogen-bond acceptors (Lipinski definition) is 0. The second kappa shape index (κ2) is 3.43. The Hall–Kier alpha value is 0.257. The Kier molecular flexibility index (Phi) is 3.53. The minimum absolute atomic E-state index is 0.351. The molecule has 0 N–H and O–H groups in total. The van der Waals surface area contributed by atoms with E-state index in [0.29, 0.717) is 4.83 Å². The average molecular weight is 205 g/mol. The van der Waals surface area contributed by atoms with Gasteiger partial charge in [-0.1, -0.05) is 41.5 Å². The third kappa shape index (κ3) is 8.26. The molecule has 0 spiro atoms. The highest BCUT2D eigenvalue weighted by Crippen LogP contribution is 1.99. The Balaban J connectivity index is 3.88. The highest BCUT2D eigenvalue weighted by Gasteiger charge is 2.07. The molecule has 0 bridgehead atoms. The Morgan fingerprint density at radius 2 is 1.78 bits per heavy atom. The molecule has 9 heavy (non-hydrogen) atoms. The lowest BCUT2D eigenvalue weighted by Crippen LogP contribution is -2.16. The topological polar surface area (TPSA) is 0 Å². The van der Waals surface area contributed by atoms with Gasteiger partial charge in [-0.3, -0.25) is 0 Å². The molecule has 0 aliphatic carbocycles. The lowest BCUT2D eigenvalue weighted by molar-refractivity contribution is 1.33. The van der Waals surface area contributed by atoms with Crippen LogP contribution >= 0.6 is 15.9 Å². The molecule has 0 unspecified atom stereocenters. The second-order valence-corrected chi connectivity index (χ2v) is 9.26. The number of hydrogen-bond donors (Lipinski definition) is 0. The molecule has 0 nitrogen and oxygen atoms in total. The predicted molar refractivity (Wildman–Crippen MR) is 49.5 cm³/mol. The first-order valence-corrected chi connectivity index (χ1v) is 7.50. The molecule has 0 heterocycles. The van der Waals surface area contributed by atoms with Gasteiger partial charge < -0.3 is 0 Å². The van der Waals surface area contributed by atoms with Gasteiger partial charge in [0, 0.05) is 0 Å². The molecule has 0 saturated heterocycles. The maximum absolute atomic E-state index is 3.38.